The molecule has 0 saturated heterocycles. The summed E-state index contributed by atoms with van der Waals surface area (Å²) in [5.41, 5.74) is 3.25. The molecule has 3 atom stereocenters. The van der Waals surface area contributed by atoms with Gasteiger partial charge in [0.1, 0.15) is 5.75 Å². The normalized spacial score (nSPS) is 26.7. The summed E-state index contributed by atoms with van der Waals surface area (Å²) in [6.07, 6.45) is 9.29. The number of nitrogens with zero attached hydrogens (tertiary/aromatic N) is 1. The highest BCUT2D eigenvalue weighted by molar-refractivity contribution is 5.67. The van der Waals surface area contributed by atoms with Crippen LogP contribution in [-0.4, -0.2) is 10.1 Å². The first-order chi connectivity index (χ1) is 9.84. The average Bonchev–Trinajstić information content (AvgIpc) is 2.97. The fourth-order valence-electron chi connectivity index (χ4n) is 3.49. The van der Waals surface area contributed by atoms with Gasteiger partial charge in [-0.15, -0.1) is 0 Å². The van der Waals surface area contributed by atoms with Crippen molar-refractivity contribution in [1.29, 1.82) is 0 Å². The standard InChI is InChI=1S/C17H16N2O/c20-15-8-2-7-14-12-5-1-6-13(12)16(19-17(14)15)11-4-3-9-18-10-11/h1-5,7-10,12-13,16,19-20H,6H2. The first-order valence-electron chi connectivity index (χ1n) is 6.99. The highest BCUT2D eigenvalue weighted by Gasteiger charge is 2.38. The molecule has 2 N–H and O–H groups in total. The predicted octanol–water partition coefficient (Wildman–Crippen LogP) is 3.61. The maximum absolute atomic E-state index is 10.1. The van der Waals surface area contributed by atoms with E-state index in [0.29, 0.717) is 17.6 Å². The number of anilines is 1. The lowest BCUT2D eigenvalue weighted by Crippen LogP contribution is -2.29. The molecule has 3 heteroatoms. The number of rotatable bonds is 1. The van der Waals surface area contributed by atoms with E-state index >= 15 is 0 Å². The van der Waals surface area contributed by atoms with Crippen molar-refractivity contribution in [3.05, 3.63) is 66.0 Å². The molecule has 1 aromatic heterocycles. The smallest absolute Gasteiger partial charge is 0.138 e. The molecule has 3 nitrogen and oxygen atoms in total. The Kier molecular flexibility index (Phi) is 2.52. The molecule has 0 amide bonds. The molecule has 0 fully saturated rings. The van der Waals surface area contributed by atoms with Gasteiger partial charge in [-0.05, 0) is 35.6 Å². The van der Waals surface area contributed by atoms with Crippen molar-refractivity contribution in [1.82, 2.24) is 4.98 Å². The molecule has 2 aliphatic rings. The van der Waals surface area contributed by atoms with Crippen molar-refractivity contribution < 1.29 is 5.11 Å². The Morgan fingerprint density at radius 1 is 1.20 bits per heavy atom. The summed E-state index contributed by atoms with van der Waals surface area (Å²) >= 11 is 0. The van der Waals surface area contributed by atoms with E-state index in [1.807, 2.05) is 18.3 Å². The summed E-state index contributed by atoms with van der Waals surface area (Å²) in [4.78, 5) is 4.23. The Morgan fingerprint density at radius 2 is 2.15 bits per heavy atom. The summed E-state index contributed by atoms with van der Waals surface area (Å²) in [7, 11) is 0. The Morgan fingerprint density at radius 3 is 3.00 bits per heavy atom. The number of para-hydroxylation sites is 1. The predicted molar refractivity (Wildman–Crippen MR) is 78.7 cm³/mol. The van der Waals surface area contributed by atoms with Gasteiger partial charge in [-0.25, -0.2) is 0 Å². The van der Waals surface area contributed by atoms with Gasteiger partial charge in [-0.2, -0.15) is 0 Å². The highest BCUT2D eigenvalue weighted by atomic mass is 16.3. The van der Waals surface area contributed by atoms with Gasteiger partial charge in [0.05, 0.1) is 11.7 Å². The molecule has 4 rings (SSSR count). The number of phenols is 1. The molecule has 0 spiro atoms. The van der Waals surface area contributed by atoms with Crippen LogP contribution in [0.25, 0.3) is 0 Å². The number of fused-ring (bicyclic) bond motifs is 3. The van der Waals surface area contributed by atoms with Crippen LogP contribution in [0.2, 0.25) is 0 Å². The lowest BCUT2D eigenvalue weighted by molar-refractivity contribution is 0.414. The van der Waals surface area contributed by atoms with Crippen LogP contribution in [-0.2, 0) is 0 Å². The fraction of sp³-hybridized carbons (Fsp3) is 0.235. The Hall–Kier alpha value is -2.29. The van der Waals surface area contributed by atoms with Crippen LogP contribution >= 0.6 is 0 Å². The van der Waals surface area contributed by atoms with Gasteiger partial charge >= 0.3 is 0 Å². The van der Waals surface area contributed by atoms with Crippen LogP contribution in [0.3, 0.4) is 0 Å². The van der Waals surface area contributed by atoms with Crippen molar-refractivity contribution in [3.8, 4) is 5.75 Å². The second kappa shape index (κ2) is 4.37. The lowest BCUT2D eigenvalue weighted by Gasteiger charge is -2.37. The van der Waals surface area contributed by atoms with Crippen molar-refractivity contribution in [2.75, 3.05) is 5.32 Å². The molecule has 1 aliphatic heterocycles. The van der Waals surface area contributed by atoms with E-state index in [4.69, 9.17) is 0 Å². The molecule has 20 heavy (non-hydrogen) atoms. The molecular formula is C17H16N2O. The van der Waals surface area contributed by atoms with Crippen LogP contribution in [0.4, 0.5) is 5.69 Å². The molecule has 3 unspecified atom stereocenters. The quantitative estimate of drug-likeness (QED) is 0.611. The average molecular weight is 264 g/mol. The lowest BCUT2D eigenvalue weighted by atomic mass is 9.77. The summed E-state index contributed by atoms with van der Waals surface area (Å²) in [6.45, 7) is 0. The third kappa shape index (κ3) is 1.63. The molecule has 1 aromatic carbocycles. The topological polar surface area (TPSA) is 45.1 Å². The van der Waals surface area contributed by atoms with Gasteiger partial charge in [-0.1, -0.05) is 30.4 Å². The largest absolute Gasteiger partial charge is 0.506 e. The number of allylic oxidation sites excluding steroid dienone is 2. The molecule has 100 valence electrons. The second-order valence-electron chi connectivity index (χ2n) is 5.50. The zero-order valence-electron chi connectivity index (χ0n) is 11.0. The van der Waals surface area contributed by atoms with Crippen molar-refractivity contribution in [2.45, 2.75) is 18.4 Å². The Labute approximate surface area is 118 Å². The molecule has 0 bridgehead atoms. The van der Waals surface area contributed by atoms with E-state index in [2.05, 4.69) is 34.6 Å². The van der Waals surface area contributed by atoms with Gasteiger partial charge in [-0.3, -0.25) is 4.98 Å². The number of hydrogen-bond donors (Lipinski definition) is 2. The number of nitrogens with one attached hydrogen (secondary N) is 1. The van der Waals surface area contributed by atoms with Gasteiger partial charge in [0.25, 0.3) is 0 Å². The summed E-state index contributed by atoms with van der Waals surface area (Å²) in [5, 5.41) is 13.7. The summed E-state index contributed by atoms with van der Waals surface area (Å²) in [6, 6.07) is 10.0. The third-order valence-corrected chi connectivity index (χ3v) is 4.42. The minimum absolute atomic E-state index is 0.199. The molecule has 0 radical (unpaired) electrons. The zero-order valence-corrected chi connectivity index (χ0v) is 11.0. The SMILES string of the molecule is Oc1cccc2c1NC(c1cccnc1)C1CC=CC21. The minimum atomic E-state index is 0.199. The van der Waals surface area contributed by atoms with Crippen LogP contribution in [0.15, 0.2) is 54.9 Å². The van der Waals surface area contributed by atoms with Gasteiger partial charge in [0.2, 0.25) is 0 Å². The zero-order chi connectivity index (χ0) is 13.5. The molecule has 2 heterocycles. The van der Waals surface area contributed by atoms with E-state index in [-0.39, 0.29) is 6.04 Å². The van der Waals surface area contributed by atoms with Crippen LogP contribution in [0.1, 0.15) is 29.5 Å². The van der Waals surface area contributed by atoms with E-state index in [1.54, 1.807) is 12.3 Å². The van der Waals surface area contributed by atoms with Crippen molar-refractivity contribution >= 4 is 5.69 Å². The van der Waals surface area contributed by atoms with Gasteiger partial charge in [0.15, 0.2) is 0 Å². The maximum atomic E-state index is 10.1. The van der Waals surface area contributed by atoms with Crippen molar-refractivity contribution in [2.24, 2.45) is 5.92 Å². The molecule has 1 aliphatic carbocycles. The number of benzene rings is 1. The molecule has 2 aromatic rings. The van der Waals surface area contributed by atoms with Gasteiger partial charge in [0, 0.05) is 18.3 Å². The summed E-state index contributed by atoms with van der Waals surface area (Å²) in [5.74, 6) is 1.20. The van der Waals surface area contributed by atoms with Gasteiger partial charge < -0.3 is 10.4 Å². The number of phenolic OH excluding ortho intramolecular Hbond substituents is 1. The maximum Gasteiger partial charge on any atom is 0.138 e. The molecule has 0 saturated carbocycles. The van der Waals surface area contributed by atoms with Crippen LogP contribution in [0.5, 0.6) is 5.75 Å². The first-order valence-corrected chi connectivity index (χ1v) is 6.99. The highest BCUT2D eigenvalue weighted by Crippen LogP contribution is 2.51. The van der Waals surface area contributed by atoms with Crippen molar-refractivity contribution in [3.63, 3.8) is 0 Å². The van der Waals surface area contributed by atoms with Crippen LogP contribution in [0, 0.1) is 5.92 Å². The number of aromatic nitrogens is 1. The number of aromatic hydroxyl groups is 1. The van der Waals surface area contributed by atoms with Crippen LogP contribution < -0.4 is 5.32 Å². The Bertz CT molecular complexity index is 666. The molecular weight excluding hydrogens is 248 g/mol. The van der Waals surface area contributed by atoms with E-state index < -0.39 is 0 Å². The number of hydrogen-bond acceptors (Lipinski definition) is 3. The first kappa shape index (κ1) is 11.5. The third-order valence-electron chi connectivity index (χ3n) is 4.42. The monoisotopic (exact) mass is 264 g/mol. The summed E-state index contributed by atoms with van der Waals surface area (Å²) < 4.78 is 0. The fourth-order valence-corrected chi connectivity index (χ4v) is 3.49. The van der Waals surface area contributed by atoms with E-state index in [1.165, 1.54) is 11.1 Å². The minimum Gasteiger partial charge on any atom is -0.506 e. The van der Waals surface area contributed by atoms with E-state index in [9.17, 15) is 5.11 Å². The van der Waals surface area contributed by atoms with E-state index in [0.717, 1.165) is 12.1 Å². The second-order valence-corrected chi connectivity index (χ2v) is 5.50. The number of pyridine rings is 1. The Balaban J connectivity index is 1.83.